The second kappa shape index (κ2) is 4.65. The Hall–Kier alpha value is -2.90. The molecule has 3 rings (SSSR count). The van der Waals surface area contributed by atoms with Crippen molar-refractivity contribution in [3.8, 4) is 11.6 Å². The van der Waals surface area contributed by atoms with Gasteiger partial charge in [-0.15, -0.1) is 5.10 Å². The van der Waals surface area contributed by atoms with E-state index in [-0.39, 0.29) is 11.9 Å². The van der Waals surface area contributed by atoms with Gasteiger partial charge in [0.05, 0.1) is 6.26 Å². The summed E-state index contributed by atoms with van der Waals surface area (Å²) in [4.78, 5) is 20.2. The third-order valence-electron chi connectivity index (χ3n) is 2.71. The lowest BCUT2D eigenvalue weighted by Gasteiger charge is -2.03. The van der Waals surface area contributed by atoms with Crippen LogP contribution in [0.2, 0.25) is 0 Å². The number of hydrogen-bond acceptors (Lipinski definition) is 6. The van der Waals surface area contributed by atoms with Crippen molar-refractivity contribution in [1.82, 2.24) is 24.9 Å². The molecule has 8 heteroatoms. The summed E-state index contributed by atoms with van der Waals surface area (Å²) in [5, 5.41) is 6.90. The Morgan fingerprint density at radius 2 is 2.40 bits per heavy atom. The maximum absolute atomic E-state index is 12.0. The largest absolute Gasteiger partial charge is 0.461 e. The molecular weight excluding hydrogens is 260 g/mol. The third-order valence-corrected chi connectivity index (χ3v) is 2.71. The molecule has 0 aromatic carbocycles. The van der Waals surface area contributed by atoms with Gasteiger partial charge in [-0.2, -0.15) is 4.52 Å². The van der Waals surface area contributed by atoms with Gasteiger partial charge in [-0.05, 0) is 19.1 Å². The van der Waals surface area contributed by atoms with Gasteiger partial charge in [0.15, 0.2) is 11.4 Å². The summed E-state index contributed by atoms with van der Waals surface area (Å²) < 4.78 is 6.56. The summed E-state index contributed by atoms with van der Waals surface area (Å²) in [6.07, 6.45) is 2.91. The van der Waals surface area contributed by atoms with Crippen molar-refractivity contribution in [3.05, 3.63) is 30.2 Å². The molecular formula is C12H12N6O2. The number of anilines is 1. The Labute approximate surface area is 113 Å². The van der Waals surface area contributed by atoms with Gasteiger partial charge < -0.3 is 15.5 Å². The lowest BCUT2D eigenvalue weighted by Crippen LogP contribution is -2.24. The number of nitrogen functional groups attached to an aromatic ring is 1. The van der Waals surface area contributed by atoms with E-state index in [9.17, 15) is 4.79 Å². The molecule has 0 radical (unpaired) electrons. The SMILES string of the molecule is CCNC(=O)c1cnc(N)n2nc(-c3ccco3)nc12. The fourth-order valence-corrected chi connectivity index (χ4v) is 1.82. The Morgan fingerprint density at radius 3 is 3.10 bits per heavy atom. The van der Waals surface area contributed by atoms with Crippen LogP contribution >= 0.6 is 0 Å². The molecule has 8 nitrogen and oxygen atoms in total. The lowest BCUT2D eigenvalue weighted by molar-refractivity contribution is 0.0956. The molecule has 1 amide bonds. The zero-order chi connectivity index (χ0) is 14.1. The molecule has 3 aromatic heterocycles. The minimum atomic E-state index is -0.275. The van der Waals surface area contributed by atoms with E-state index >= 15 is 0 Å². The van der Waals surface area contributed by atoms with E-state index in [0.29, 0.717) is 29.3 Å². The number of nitrogens with two attached hydrogens (primary N) is 1. The zero-order valence-electron chi connectivity index (χ0n) is 10.7. The fourth-order valence-electron chi connectivity index (χ4n) is 1.82. The number of aromatic nitrogens is 4. The number of rotatable bonds is 3. The molecule has 0 saturated heterocycles. The molecule has 102 valence electrons. The Bertz CT molecular complexity index is 762. The first-order valence-electron chi connectivity index (χ1n) is 6.04. The standard InChI is InChI=1S/C12H12N6O2/c1-2-14-11(19)7-6-15-12(13)18-10(7)16-9(17-18)8-4-3-5-20-8/h3-6H,2H2,1H3,(H2,13,15)(H,14,19). The van der Waals surface area contributed by atoms with Crippen molar-refractivity contribution in [2.45, 2.75) is 6.92 Å². The van der Waals surface area contributed by atoms with E-state index in [1.54, 1.807) is 12.1 Å². The molecule has 0 aliphatic rings. The van der Waals surface area contributed by atoms with Crippen molar-refractivity contribution in [3.63, 3.8) is 0 Å². The van der Waals surface area contributed by atoms with Crippen molar-refractivity contribution in [2.24, 2.45) is 0 Å². The van der Waals surface area contributed by atoms with Crippen LogP contribution in [-0.4, -0.2) is 32.0 Å². The lowest BCUT2D eigenvalue weighted by atomic mass is 10.3. The van der Waals surface area contributed by atoms with Crippen LogP contribution in [0.25, 0.3) is 17.2 Å². The van der Waals surface area contributed by atoms with Crippen LogP contribution in [0.3, 0.4) is 0 Å². The number of fused-ring (bicyclic) bond motifs is 1. The predicted octanol–water partition coefficient (Wildman–Crippen LogP) is 0.716. The van der Waals surface area contributed by atoms with Gasteiger partial charge in [-0.25, -0.2) is 9.97 Å². The van der Waals surface area contributed by atoms with Crippen molar-refractivity contribution in [2.75, 3.05) is 12.3 Å². The van der Waals surface area contributed by atoms with Gasteiger partial charge in [0.25, 0.3) is 5.91 Å². The smallest absolute Gasteiger partial charge is 0.256 e. The number of carbonyl (C=O) groups excluding carboxylic acids is 1. The normalized spacial score (nSPS) is 10.8. The van der Waals surface area contributed by atoms with Gasteiger partial charge in [-0.3, -0.25) is 4.79 Å². The highest BCUT2D eigenvalue weighted by atomic mass is 16.3. The van der Waals surface area contributed by atoms with Gasteiger partial charge in [0.2, 0.25) is 11.8 Å². The highest BCUT2D eigenvalue weighted by Crippen LogP contribution is 2.19. The zero-order valence-corrected chi connectivity index (χ0v) is 10.7. The molecule has 0 unspecified atom stereocenters. The summed E-state index contributed by atoms with van der Waals surface area (Å²) in [7, 11) is 0. The van der Waals surface area contributed by atoms with Gasteiger partial charge in [-0.1, -0.05) is 0 Å². The summed E-state index contributed by atoms with van der Waals surface area (Å²) in [6.45, 7) is 2.34. The molecule has 0 spiro atoms. The number of amides is 1. The van der Waals surface area contributed by atoms with Crippen LogP contribution < -0.4 is 11.1 Å². The summed E-state index contributed by atoms with van der Waals surface area (Å²) in [5.41, 5.74) is 6.41. The van der Waals surface area contributed by atoms with Crippen LogP contribution in [0, 0.1) is 0 Å². The molecule has 0 bridgehead atoms. The number of furan rings is 1. The number of carbonyl (C=O) groups is 1. The van der Waals surface area contributed by atoms with Crippen LogP contribution in [0.5, 0.6) is 0 Å². The van der Waals surface area contributed by atoms with Crippen LogP contribution in [0.1, 0.15) is 17.3 Å². The maximum Gasteiger partial charge on any atom is 0.256 e. The summed E-state index contributed by atoms with van der Waals surface area (Å²) in [5.74, 6) is 0.719. The first-order valence-corrected chi connectivity index (χ1v) is 6.04. The summed E-state index contributed by atoms with van der Waals surface area (Å²) in [6, 6.07) is 3.46. The number of hydrogen-bond donors (Lipinski definition) is 2. The van der Waals surface area contributed by atoms with E-state index in [4.69, 9.17) is 10.2 Å². The highest BCUT2D eigenvalue weighted by molar-refractivity contribution is 5.99. The van der Waals surface area contributed by atoms with Crippen molar-refractivity contribution >= 4 is 17.5 Å². The van der Waals surface area contributed by atoms with E-state index < -0.39 is 0 Å². The van der Waals surface area contributed by atoms with E-state index in [2.05, 4.69) is 20.4 Å². The topological polar surface area (TPSA) is 111 Å². The molecule has 0 aliphatic heterocycles. The minimum Gasteiger partial charge on any atom is -0.461 e. The Balaban J connectivity index is 2.19. The van der Waals surface area contributed by atoms with E-state index in [0.717, 1.165) is 0 Å². The molecule has 20 heavy (non-hydrogen) atoms. The number of nitrogens with one attached hydrogen (secondary N) is 1. The molecule has 0 saturated carbocycles. The maximum atomic E-state index is 12.0. The van der Waals surface area contributed by atoms with E-state index in [1.807, 2.05) is 6.92 Å². The van der Waals surface area contributed by atoms with Gasteiger partial charge in [0.1, 0.15) is 5.56 Å². The quantitative estimate of drug-likeness (QED) is 0.726. The molecule has 3 heterocycles. The molecule has 3 aromatic rings. The first-order chi connectivity index (χ1) is 9.70. The van der Waals surface area contributed by atoms with E-state index in [1.165, 1.54) is 17.0 Å². The molecule has 0 fully saturated rings. The number of nitrogens with zero attached hydrogens (tertiary/aromatic N) is 4. The van der Waals surface area contributed by atoms with Crippen molar-refractivity contribution < 1.29 is 9.21 Å². The molecule has 0 aliphatic carbocycles. The fraction of sp³-hybridized carbons (Fsp3) is 0.167. The predicted molar refractivity (Wildman–Crippen MR) is 70.9 cm³/mol. The molecule has 3 N–H and O–H groups in total. The minimum absolute atomic E-state index is 0.151. The second-order valence-electron chi connectivity index (χ2n) is 4.04. The van der Waals surface area contributed by atoms with Crippen LogP contribution in [0.4, 0.5) is 5.95 Å². The third kappa shape index (κ3) is 1.87. The molecule has 0 atom stereocenters. The van der Waals surface area contributed by atoms with Gasteiger partial charge >= 0.3 is 0 Å². The monoisotopic (exact) mass is 272 g/mol. The van der Waals surface area contributed by atoms with Gasteiger partial charge in [0, 0.05) is 12.7 Å². The van der Waals surface area contributed by atoms with Crippen molar-refractivity contribution in [1.29, 1.82) is 0 Å². The Kier molecular flexibility index (Phi) is 2.82. The average molecular weight is 272 g/mol. The summed E-state index contributed by atoms with van der Waals surface area (Å²) >= 11 is 0. The average Bonchev–Trinajstić information content (AvgIpc) is 3.08. The Morgan fingerprint density at radius 1 is 1.55 bits per heavy atom. The highest BCUT2D eigenvalue weighted by Gasteiger charge is 2.18. The first kappa shape index (κ1) is 12.2. The second-order valence-corrected chi connectivity index (χ2v) is 4.04. The van der Waals surface area contributed by atoms with Crippen LogP contribution in [-0.2, 0) is 0 Å². The van der Waals surface area contributed by atoms with Crippen LogP contribution in [0.15, 0.2) is 29.0 Å².